The molecule has 0 saturated carbocycles. The van der Waals surface area contributed by atoms with Gasteiger partial charge in [0.1, 0.15) is 17.4 Å². The van der Waals surface area contributed by atoms with Crippen molar-refractivity contribution in [1.82, 2.24) is 0 Å². The molecule has 0 atom stereocenters. The normalized spacial score (nSPS) is 13.0. The minimum absolute atomic E-state index is 0.205. The van der Waals surface area contributed by atoms with Gasteiger partial charge in [-0.3, -0.25) is 0 Å². The van der Waals surface area contributed by atoms with E-state index in [0.29, 0.717) is 11.1 Å². The second kappa shape index (κ2) is 6.70. The summed E-state index contributed by atoms with van der Waals surface area (Å²) in [7, 11) is 0. The highest BCUT2D eigenvalue weighted by molar-refractivity contribution is 5.91. The van der Waals surface area contributed by atoms with E-state index in [1.807, 2.05) is 6.07 Å². The van der Waals surface area contributed by atoms with Crippen molar-refractivity contribution in [2.45, 2.75) is 13.3 Å². The smallest absolute Gasteiger partial charge is 0.346 e. The summed E-state index contributed by atoms with van der Waals surface area (Å²) in [5.74, 6) is -1.82. The number of carbonyl (C=O) groups is 1. The molecule has 1 aliphatic rings. The zero-order valence-corrected chi connectivity index (χ0v) is 13.3. The third-order valence-corrected chi connectivity index (χ3v) is 3.83. The molecule has 2 aromatic carbocycles. The van der Waals surface area contributed by atoms with Crippen LogP contribution in [0.15, 0.2) is 59.9 Å². The lowest BCUT2D eigenvalue weighted by Gasteiger charge is -2.09. The molecule has 0 saturated heterocycles. The maximum Gasteiger partial charge on any atom is 0.346 e. The summed E-state index contributed by atoms with van der Waals surface area (Å²) in [6.45, 7) is 1.76. The topological polar surface area (TPSA) is 50.1 Å². The molecule has 25 heavy (non-hydrogen) atoms. The quantitative estimate of drug-likeness (QED) is 0.754. The van der Waals surface area contributed by atoms with Gasteiger partial charge in [-0.05, 0) is 48.4 Å². The molecular formula is C20H13F2NO2. The van der Waals surface area contributed by atoms with Crippen molar-refractivity contribution in [2.24, 2.45) is 0 Å². The van der Waals surface area contributed by atoms with Crippen LogP contribution in [-0.2, 0) is 4.74 Å². The van der Waals surface area contributed by atoms with E-state index in [4.69, 9.17) is 10.00 Å². The number of halogens is 2. The average Bonchev–Trinajstić information content (AvgIpc) is 3.02. The van der Waals surface area contributed by atoms with Crippen LogP contribution < -0.4 is 0 Å². The maximum atomic E-state index is 14.3. The van der Waals surface area contributed by atoms with Crippen molar-refractivity contribution in [2.75, 3.05) is 0 Å². The third-order valence-electron chi connectivity index (χ3n) is 3.83. The van der Waals surface area contributed by atoms with E-state index < -0.39 is 17.6 Å². The van der Waals surface area contributed by atoms with Gasteiger partial charge in [0.2, 0.25) is 0 Å². The number of ether oxygens (including phenoxy) is 1. The molecule has 1 aliphatic carbocycles. The third kappa shape index (κ3) is 3.48. The van der Waals surface area contributed by atoms with Crippen molar-refractivity contribution in [3.63, 3.8) is 0 Å². The first kappa shape index (κ1) is 16.6. The van der Waals surface area contributed by atoms with Crippen LogP contribution in [0.3, 0.4) is 0 Å². The lowest BCUT2D eigenvalue weighted by Crippen LogP contribution is -2.07. The van der Waals surface area contributed by atoms with Gasteiger partial charge < -0.3 is 4.74 Å². The highest BCUT2D eigenvalue weighted by Crippen LogP contribution is 2.27. The molecule has 0 unspecified atom stereocenters. The lowest BCUT2D eigenvalue weighted by molar-refractivity contribution is 0.0615. The van der Waals surface area contributed by atoms with Crippen LogP contribution in [0.5, 0.6) is 0 Å². The van der Waals surface area contributed by atoms with Gasteiger partial charge in [0, 0.05) is 17.6 Å². The number of carbonyl (C=O) groups excluding carboxylic acids is 1. The minimum Gasteiger partial charge on any atom is -0.427 e. The summed E-state index contributed by atoms with van der Waals surface area (Å²) >= 11 is 0. The lowest BCUT2D eigenvalue weighted by atomic mass is 10.0. The number of hydrogen-bond donors (Lipinski definition) is 0. The molecule has 0 N–H and O–H groups in total. The number of benzene rings is 2. The molecule has 0 aromatic heterocycles. The Kier molecular flexibility index (Phi) is 4.44. The van der Waals surface area contributed by atoms with E-state index in [-0.39, 0.29) is 23.3 Å². The van der Waals surface area contributed by atoms with Crippen molar-refractivity contribution in [1.29, 1.82) is 5.26 Å². The fraction of sp³-hybridized carbons (Fsp3) is 0.100. The Morgan fingerprint density at radius 2 is 1.92 bits per heavy atom. The Labute approximate surface area is 143 Å². The van der Waals surface area contributed by atoms with E-state index in [9.17, 15) is 13.6 Å². The molecule has 3 nitrogen and oxygen atoms in total. The molecule has 0 radical (unpaired) electrons. The Morgan fingerprint density at radius 3 is 2.56 bits per heavy atom. The Bertz CT molecular complexity index is 968. The first-order valence-corrected chi connectivity index (χ1v) is 7.56. The fourth-order valence-corrected chi connectivity index (χ4v) is 2.52. The fourth-order valence-electron chi connectivity index (χ4n) is 2.52. The predicted molar refractivity (Wildman–Crippen MR) is 88.3 cm³/mol. The number of aryl methyl sites for hydroxylation is 1. The molecule has 0 fully saturated rings. The molecule has 0 amide bonds. The van der Waals surface area contributed by atoms with Gasteiger partial charge in [-0.1, -0.05) is 18.2 Å². The number of rotatable bonds is 3. The second-order valence-electron chi connectivity index (χ2n) is 5.68. The summed E-state index contributed by atoms with van der Waals surface area (Å²) in [6, 6.07) is 10.5. The molecule has 124 valence electrons. The van der Waals surface area contributed by atoms with E-state index in [1.165, 1.54) is 24.3 Å². The molecule has 2 aromatic rings. The summed E-state index contributed by atoms with van der Waals surface area (Å²) in [4.78, 5) is 12.1. The van der Waals surface area contributed by atoms with Crippen molar-refractivity contribution in [3.8, 4) is 17.2 Å². The van der Waals surface area contributed by atoms with Gasteiger partial charge >= 0.3 is 5.97 Å². The molecular weight excluding hydrogens is 324 g/mol. The van der Waals surface area contributed by atoms with Gasteiger partial charge in [-0.25, -0.2) is 13.6 Å². The van der Waals surface area contributed by atoms with E-state index in [2.05, 4.69) is 0 Å². The zero-order chi connectivity index (χ0) is 18.0. The first-order chi connectivity index (χ1) is 12.0. The molecule has 3 rings (SSSR count). The highest BCUT2D eigenvalue weighted by Gasteiger charge is 2.19. The standard InChI is InChI=1S/C20H13F2NO2/c1-12-2-6-16(18(21)8-12)14-4-7-17(19(22)10-14)20(24)25-15-5-3-13(9-15)11-23/h2-8,10H,9H2,1H3. The van der Waals surface area contributed by atoms with Gasteiger partial charge in [0.15, 0.2) is 0 Å². The van der Waals surface area contributed by atoms with Crippen LogP contribution in [0.2, 0.25) is 0 Å². The molecule has 0 spiro atoms. The Morgan fingerprint density at radius 1 is 1.12 bits per heavy atom. The SMILES string of the molecule is Cc1ccc(-c2ccc(C(=O)OC3=CC=C(C#N)C3)c(F)c2)c(F)c1. The minimum atomic E-state index is -0.854. The van der Waals surface area contributed by atoms with Crippen LogP contribution in [0.1, 0.15) is 22.3 Å². The molecule has 5 heteroatoms. The number of allylic oxidation sites excluding steroid dienone is 3. The number of hydrogen-bond acceptors (Lipinski definition) is 3. The molecule has 0 bridgehead atoms. The largest absolute Gasteiger partial charge is 0.427 e. The zero-order valence-electron chi connectivity index (χ0n) is 13.3. The highest BCUT2D eigenvalue weighted by atomic mass is 19.1. The Balaban J connectivity index is 1.81. The van der Waals surface area contributed by atoms with Crippen molar-refractivity contribution < 1.29 is 18.3 Å². The van der Waals surface area contributed by atoms with Crippen LogP contribution in [0.4, 0.5) is 8.78 Å². The van der Waals surface area contributed by atoms with Gasteiger partial charge in [0.05, 0.1) is 11.6 Å². The summed E-state index contributed by atoms with van der Waals surface area (Å²) in [5, 5.41) is 8.77. The van der Waals surface area contributed by atoms with Crippen LogP contribution in [0.25, 0.3) is 11.1 Å². The average molecular weight is 337 g/mol. The predicted octanol–water partition coefficient (Wildman–Crippen LogP) is 4.83. The molecule has 0 aliphatic heterocycles. The van der Waals surface area contributed by atoms with E-state index in [0.717, 1.165) is 11.6 Å². The van der Waals surface area contributed by atoms with Crippen molar-refractivity contribution >= 4 is 5.97 Å². The van der Waals surface area contributed by atoms with Crippen LogP contribution in [0, 0.1) is 29.9 Å². The summed E-state index contributed by atoms with van der Waals surface area (Å²) < 4.78 is 33.4. The van der Waals surface area contributed by atoms with E-state index in [1.54, 1.807) is 25.1 Å². The van der Waals surface area contributed by atoms with Gasteiger partial charge in [0.25, 0.3) is 0 Å². The summed E-state index contributed by atoms with van der Waals surface area (Å²) in [6.07, 6.45) is 3.25. The maximum absolute atomic E-state index is 14.3. The van der Waals surface area contributed by atoms with Gasteiger partial charge in [-0.15, -0.1) is 0 Å². The second-order valence-corrected chi connectivity index (χ2v) is 5.68. The van der Waals surface area contributed by atoms with Crippen molar-refractivity contribution in [3.05, 3.63) is 82.6 Å². The van der Waals surface area contributed by atoms with Crippen LogP contribution >= 0.6 is 0 Å². The number of esters is 1. The first-order valence-electron chi connectivity index (χ1n) is 7.56. The Hall–Kier alpha value is -3.26. The molecule has 0 heterocycles. The van der Waals surface area contributed by atoms with Crippen LogP contribution in [-0.4, -0.2) is 5.97 Å². The van der Waals surface area contributed by atoms with E-state index >= 15 is 0 Å². The number of nitriles is 1. The number of nitrogens with zero attached hydrogens (tertiary/aromatic N) is 1. The van der Waals surface area contributed by atoms with Gasteiger partial charge in [-0.2, -0.15) is 5.26 Å². The summed E-state index contributed by atoms with van der Waals surface area (Å²) in [5.41, 5.74) is 1.57. The monoisotopic (exact) mass is 337 g/mol.